The largest absolute Gasteiger partial charge is 0.435 e. The third-order valence-corrected chi connectivity index (χ3v) is 13.4. The fourth-order valence-electron chi connectivity index (χ4n) is 4.50. The molecule has 0 unspecified atom stereocenters. The second-order valence-electron chi connectivity index (χ2n) is 8.25. The number of fused-ring (bicyclic) bond motifs is 6. The van der Waals surface area contributed by atoms with Crippen LogP contribution in [0.2, 0.25) is 0 Å². The minimum Gasteiger partial charge on any atom is -0.435 e. The van der Waals surface area contributed by atoms with Crippen LogP contribution in [0.3, 0.4) is 0 Å². The summed E-state index contributed by atoms with van der Waals surface area (Å²) in [5.41, 5.74) is 1.90. The van der Waals surface area contributed by atoms with Crippen LogP contribution in [0.4, 0.5) is 5.00 Å². The maximum Gasteiger partial charge on any atom is 0.238 e. The van der Waals surface area contributed by atoms with Crippen molar-refractivity contribution in [1.82, 2.24) is 4.98 Å². The molecule has 164 valence electrons. The predicted octanol–water partition coefficient (Wildman–Crippen LogP) is 6.97. The molecule has 4 aromatic rings. The van der Waals surface area contributed by atoms with Gasteiger partial charge in [-0.2, -0.15) is 20.6 Å². The van der Waals surface area contributed by atoms with E-state index in [-0.39, 0.29) is 0 Å². The molecule has 0 amide bonds. The quantitative estimate of drug-likeness (QED) is 0.283. The number of allylic oxidation sites excluding steroid dienone is 1. The number of para-hydroxylation sites is 2. The summed E-state index contributed by atoms with van der Waals surface area (Å²) in [5, 5.41) is 20.0. The molecule has 2 aliphatic rings. The fourth-order valence-corrected chi connectivity index (χ4v) is 11.8. The second kappa shape index (κ2) is 7.78. The van der Waals surface area contributed by atoms with Gasteiger partial charge in [-0.15, -0.1) is 22.7 Å². The van der Waals surface area contributed by atoms with Crippen molar-refractivity contribution >= 4 is 60.5 Å². The molecule has 5 nitrogen and oxygen atoms in total. The third-order valence-electron chi connectivity index (χ3n) is 6.30. The van der Waals surface area contributed by atoms with Crippen LogP contribution in [0.5, 0.6) is 0 Å². The summed E-state index contributed by atoms with van der Waals surface area (Å²) in [6.07, 6.45) is 3.73. The number of oxazole rings is 1. The first-order chi connectivity index (χ1) is 16.1. The summed E-state index contributed by atoms with van der Waals surface area (Å²) >= 11 is 3.61. The van der Waals surface area contributed by atoms with E-state index in [4.69, 9.17) is 9.68 Å². The van der Waals surface area contributed by atoms with Crippen LogP contribution < -0.4 is 4.90 Å². The van der Waals surface area contributed by atoms with E-state index in [0.717, 1.165) is 16.9 Å². The zero-order valence-electron chi connectivity index (χ0n) is 18.0. The summed E-state index contributed by atoms with van der Waals surface area (Å²) < 4.78 is 5.84. The lowest BCUT2D eigenvalue weighted by molar-refractivity contribution is 0.586. The zero-order chi connectivity index (χ0) is 22.6. The molecule has 0 aliphatic carbocycles. The van der Waals surface area contributed by atoms with Crippen LogP contribution in [0.1, 0.15) is 23.6 Å². The number of nitriles is 2. The summed E-state index contributed by atoms with van der Waals surface area (Å²) in [5.74, 6) is 2.87. The highest BCUT2D eigenvalue weighted by molar-refractivity contribution is 8.35. The van der Waals surface area contributed by atoms with E-state index in [1.54, 1.807) is 11.3 Å². The molecule has 1 aromatic carbocycles. The van der Waals surface area contributed by atoms with Crippen LogP contribution in [0, 0.1) is 22.7 Å². The number of thiophene rings is 2. The van der Waals surface area contributed by atoms with Crippen LogP contribution >= 0.6 is 32.7 Å². The first-order valence-electron chi connectivity index (χ1n) is 10.8. The number of hydrogen-bond donors (Lipinski definition) is 0. The molecule has 0 N–H and O–H groups in total. The molecule has 2 aliphatic heterocycles. The van der Waals surface area contributed by atoms with Crippen LogP contribution in [-0.2, 0) is 0 Å². The van der Waals surface area contributed by atoms with Gasteiger partial charge in [0, 0.05) is 28.3 Å². The van der Waals surface area contributed by atoms with Crippen molar-refractivity contribution < 1.29 is 4.42 Å². The molecule has 3 aromatic heterocycles. The third kappa shape index (κ3) is 3.13. The summed E-state index contributed by atoms with van der Waals surface area (Å²) in [7, 11) is 1.13. The van der Waals surface area contributed by atoms with Gasteiger partial charge in [-0.1, -0.05) is 12.1 Å². The zero-order valence-corrected chi connectivity index (χ0v) is 20.4. The number of anilines is 1. The molecule has 0 saturated carbocycles. The molecular formula is C25H20N4OS3. The van der Waals surface area contributed by atoms with Crippen molar-refractivity contribution in [3.8, 4) is 21.9 Å². The fraction of sp³-hybridized carbons (Fsp3) is 0.240. The SMILES string of the molecule is CN(CCC#N)c1cc2c(s1)-c1sc(/C=C(\C#N)c3nc4ccccc4o3)cc1S21CCC1. The van der Waals surface area contributed by atoms with E-state index in [1.807, 2.05) is 41.7 Å². The number of benzene rings is 1. The Morgan fingerprint density at radius 2 is 1.97 bits per heavy atom. The van der Waals surface area contributed by atoms with Gasteiger partial charge in [-0.05, 0) is 48.3 Å². The lowest BCUT2D eigenvalue weighted by Gasteiger charge is -2.45. The molecule has 0 atom stereocenters. The Hall–Kier alpha value is -3.04. The highest BCUT2D eigenvalue weighted by atomic mass is 32.3. The Balaban J connectivity index is 1.40. The van der Waals surface area contributed by atoms with Crippen molar-refractivity contribution in [1.29, 1.82) is 10.5 Å². The topological polar surface area (TPSA) is 76.8 Å². The van der Waals surface area contributed by atoms with Gasteiger partial charge in [0.25, 0.3) is 0 Å². The Kier molecular flexibility index (Phi) is 4.84. The molecule has 1 spiro atoms. The smallest absolute Gasteiger partial charge is 0.238 e. The highest BCUT2D eigenvalue weighted by Gasteiger charge is 2.46. The first-order valence-corrected chi connectivity index (χ1v) is 14.4. The van der Waals surface area contributed by atoms with Crippen LogP contribution in [0.15, 0.2) is 50.6 Å². The Morgan fingerprint density at radius 3 is 2.70 bits per heavy atom. The van der Waals surface area contributed by atoms with Gasteiger partial charge in [-0.3, -0.25) is 0 Å². The number of nitrogens with zero attached hydrogens (tertiary/aromatic N) is 4. The van der Waals surface area contributed by atoms with Gasteiger partial charge in [0.05, 0.1) is 27.2 Å². The average Bonchev–Trinajstić information content (AvgIpc) is 3.54. The Morgan fingerprint density at radius 1 is 1.18 bits per heavy atom. The summed E-state index contributed by atoms with van der Waals surface area (Å²) in [4.78, 5) is 13.6. The molecule has 1 saturated heterocycles. The number of hydrogen-bond acceptors (Lipinski definition) is 7. The summed E-state index contributed by atoms with van der Waals surface area (Å²) in [6.45, 7) is 0.750. The van der Waals surface area contributed by atoms with Gasteiger partial charge in [0.1, 0.15) is 17.2 Å². The maximum atomic E-state index is 9.83. The average molecular weight is 489 g/mol. The van der Waals surface area contributed by atoms with Crippen molar-refractivity contribution in [2.24, 2.45) is 0 Å². The van der Waals surface area contributed by atoms with Gasteiger partial charge in [0.15, 0.2) is 5.58 Å². The second-order valence-corrected chi connectivity index (χ2v) is 13.8. The van der Waals surface area contributed by atoms with Crippen molar-refractivity contribution in [3.63, 3.8) is 0 Å². The summed E-state index contributed by atoms with van der Waals surface area (Å²) in [6, 6.07) is 16.8. The van der Waals surface area contributed by atoms with Gasteiger partial charge in [-0.25, -0.2) is 4.98 Å². The van der Waals surface area contributed by atoms with E-state index in [9.17, 15) is 5.26 Å². The van der Waals surface area contributed by atoms with Gasteiger partial charge < -0.3 is 9.32 Å². The lowest BCUT2D eigenvalue weighted by atomic mass is 10.2. The van der Waals surface area contributed by atoms with E-state index in [0.29, 0.717) is 23.5 Å². The van der Waals surface area contributed by atoms with Crippen molar-refractivity contribution in [2.45, 2.75) is 22.6 Å². The molecule has 1 fully saturated rings. The Bertz CT molecular complexity index is 1470. The number of aromatic nitrogens is 1. The van der Waals surface area contributed by atoms with Crippen molar-refractivity contribution in [2.75, 3.05) is 30.0 Å². The standard InChI is InChI=1S/C25H20N4OS3/c1-29(9-4-8-26)22-14-21-24(32-22)23-20(33(21)10-5-11-33)13-17(31-23)12-16(15-27)25-28-18-6-2-3-7-19(18)30-25/h2-3,6-7,12-14H,4-5,9-11H2,1H3/b16-12+. The monoisotopic (exact) mass is 488 g/mol. The van der Waals surface area contributed by atoms with Gasteiger partial charge >= 0.3 is 0 Å². The molecule has 5 heterocycles. The minimum atomic E-state index is -0.942. The molecule has 6 rings (SSSR count). The van der Waals surface area contributed by atoms with Crippen LogP contribution in [0.25, 0.3) is 32.5 Å². The normalized spacial score (nSPS) is 16.6. The van der Waals surface area contributed by atoms with E-state index in [1.165, 1.54) is 42.5 Å². The van der Waals surface area contributed by atoms with E-state index < -0.39 is 10.0 Å². The van der Waals surface area contributed by atoms with Crippen LogP contribution in [-0.4, -0.2) is 30.1 Å². The molecular weight excluding hydrogens is 469 g/mol. The molecule has 0 bridgehead atoms. The van der Waals surface area contributed by atoms with E-state index in [2.05, 4.69) is 41.2 Å². The highest BCUT2D eigenvalue weighted by Crippen LogP contribution is 2.79. The molecule has 0 radical (unpaired) electrons. The number of rotatable bonds is 5. The predicted molar refractivity (Wildman–Crippen MR) is 137 cm³/mol. The molecule has 8 heteroatoms. The molecule has 33 heavy (non-hydrogen) atoms. The van der Waals surface area contributed by atoms with Gasteiger partial charge in [0.2, 0.25) is 5.89 Å². The Labute approximate surface area is 201 Å². The van der Waals surface area contributed by atoms with Crippen molar-refractivity contribution in [3.05, 3.63) is 47.2 Å². The first kappa shape index (κ1) is 20.6. The minimum absolute atomic E-state index is 0.371. The van der Waals surface area contributed by atoms with E-state index >= 15 is 0 Å². The lowest BCUT2D eigenvalue weighted by Crippen LogP contribution is -2.20. The maximum absolute atomic E-state index is 9.83.